The fourth-order valence-corrected chi connectivity index (χ4v) is 3.00. The number of nitrogens with one attached hydrogen (secondary N) is 1. The number of hydrogen-bond acceptors (Lipinski definition) is 3. The van der Waals surface area contributed by atoms with Crippen LogP contribution in [0.5, 0.6) is 5.75 Å². The molecule has 0 radical (unpaired) electrons. The maximum absolute atomic E-state index is 5.94. The van der Waals surface area contributed by atoms with Gasteiger partial charge in [-0.2, -0.15) is 0 Å². The predicted octanol–water partition coefficient (Wildman–Crippen LogP) is 3.23. The molecule has 0 amide bonds. The summed E-state index contributed by atoms with van der Waals surface area (Å²) in [6.07, 6.45) is 1.14. The molecule has 1 heterocycles. The van der Waals surface area contributed by atoms with Crippen LogP contribution in [0.4, 0.5) is 0 Å². The lowest BCUT2D eigenvalue weighted by Gasteiger charge is -2.24. The molecule has 25 heavy (non-hydrogen) atoms. The van der Waals surface area contributed by atoms with Gasteiger partial charge in [-0.1, -0.05) is 18.2 Å². The lowest BCUT2D eigenvalue weighted by molar-refractivity contribution is 0.181. The number of halogens is 1. The number of rotatable bonds is 7. The van der Waals surface area contributed by atoms with Crippen LogP contribution in [-0.4, -0.2) is 57.4 Å². The highest BCUT2D eigenvalue weighted by Gasteiger charge is 2.18. The number of nitrogens with zero attached hydrogens (tertiary/aromatic N) is 2. The first-order chi connectivity index (χ1) is 11.6. The van der Waals surface area contributed by atoms with Crippen molar-refractivity contribution in [2.24, 2.45) is 10.9 Å². The third-order valence-electron chi connectivity index (χ3n) is 4.26. The largest absolute Gasteiger partial charge is 0.491 e. The fraction of sp³-hybridized carbons (Fsp3) is 0.632. The van der Waals surface area contributed by atoms with E-state index in [0.717, 1.165) is 44.4 Å². The zero-order chi connectivity index (χ0) is 17.4. The molecule has 1 aromatic rings. The van der Waals surface area contributed by atoms with Crippen molar-refractivity contribution in [2.45, 2.75) is 27.2 Å². The predicted molar refractivity (Wildman–Crippen MR) is 114 cm³/mol. The van der Waals surface area contributed by atoms with Crippen LogP contribution in [0.2, 0.25) is 0 Å². The van der Waals surface area contributed by atoms with Crippen LogP contribution >= 0.6 is 24.0 Å². The number of benzene rings is 1. The molecule has 142 valence electrons. The van der Waals surface area contributed by atoms with E-state index in [1.165, 1.54) is 11.1 Å². The van der Waals surface area contributed by atoms with Crippen molar-refractivity contribution in [3.63, 3.8) is 0 Å². The van der Waals surface area contributed by atoms with Crippen LogP contribution in [0.3, 0.4) is 0 Å². The van der Waals surface area contributed by atoms with Crippen molar-refractivity contribution in [3.05, 3.63) is 29.3 Å². The molecule has 0 aliphatic carbocycles. The number of hydrogen-bond donors (Lipinski definition) is 1. The number of aliphatic imine (C=N–C) groups is 1. The van der Waals surface area contributed by atoms with Gasteiger partial charge >= 0.3 is 0 Å². The van der Waals surface area contributed by atoms with Crippen molar-refractivity contribution in [1.29, 1.82) is 0 Å². The van der Waals surface area contributed by atoms with E-state index in [1.807, 2.05) is 0 Å². The van der Waals surface area contributed by atoms with E-state index in [0.29, 0.717) is 19.1 Å². The Bertz CT molecular complexity index is 525. The van der Waals surface area contributed by atoms with Crippen molar-refractivity contribution in [1.82, 2.24) is 10.2 Å². The molecule has 1 aliphatic rings. The standard InChI is InChI=1S/C19H31N3O2.HI/c1-5-20-19(22(4)13-17-9-11-23-14-17)21-10-12-24-18-15(2)7-6-8-16(18)3;/h6-8,17H,5,9-14H2,1-4H3,(H,20,21);1H. The monoisotopic (exact) mass is 461 g/mol. The van der Waals surface area contributed by atoms with Gasteiger partial charge in [0.05, 0.1) is 13.2 Å². The SMILES string of the molecule is CCNC(=NCCOc1c(C)cccc1C)N(C)CC1CCOC1.I. The van der Waals surface area contributed by atoms with E-state index in [9.17, 15) is 0 Å². The van der Waals surface area contributed by atoms with Crippen molar-refractivity contribution in [3.8, 4) is 5.75 Å². The zero-order valence-electron chi connectivity index (χ0n) is 15.9. The van der Waals surface area contributed by atoms with Gasteiger partial charge < -0.3 is 19.7 Å². The topological polar surface area (TPSA) is 46.1 Å². The number of aryl methyl sites for hydroxylation is 2. The van der Waals surface area contributed by atoms with Crippen LogP contribution in [0.1, 0.15) is 24.5 Å². The number of ether oxygens (including phenoxy) is 2. The first-order valence-electron chi connectivity index (χ1n) is 8.88. The van der Waals surface area contributed by atoms with Gasteiger partial charge in [0.15, 0.2) is 5.96 Å². The molecule has 1 fully saturated rings. The summed E-state index contributed by atoms with van der Waals surface area (Å²) in [6.45, 7) is 11.1. The fourth-order valence-electron chi connectivity index (χ4n) is 3.00. The second-order valence-electron chi connectivity index (χ2n) is 6.42. The van der Waals surface area contributed by atoms with E-state index < -0.39 is 0 Å². The van der Waals surface area contributed by atoms with Gasteiger partial charge in [0.25, 0.3) is 0 Å². The van der Waals surface area contributed by atoms with E-state index in [1.54, 1.807) is 0 Å². The summed E-state index contributed by atoms with van der Waals surface area (Å²) in [6, 6.07) is 6.21. The maximum Gasteiger partial charge on any atom is 0.193 e. The molecule has 5 nitrogen and oxygen atoms in total. The minimum Gasteiger partial charge on any atom is -0.491 e. The highest BCUT2D eigenvalue weighted by atomic mass is 127. The van der Waals surface area contributed by atoms with Gasteiger partial charge in [-0.05, 0) is 38.3 Å². The Morgan fingerprint density at radius 2 is 2.08 bits per heavy atom. The Labute approximate surface area is 169 Å². The Kier molecular flexibility index (Phi) is 10.2. The zero-order valence-corrected chi connectivity index (χ0v) is 18.2. The summed E-state index contributed by atoms with van der Waals surface area (Å²) in [4.78, 5) is 6.89. The highest BCUT2D eigenvalue weighted by Crippen LogP contribution is 2.22. The van der Waals surface area contributed by atoms with E-state index in [2.05, 4.69) is 56.2 Å². The van der Waals surface area contributed by atoms with Crippen molar-refractivity contribution >= 4 is 29.9 Å². The molecule has 0 spiro atoms. The molecular weight excluding hydrogens is 429 g/mol. The molecular formula is C19H32IN3O2. The third-order valence-corrected chi connectivity index (χ3v) is 4.26. The lowest BCUT2D eigenvalue weighted by Crippen LogP contribution is -2.41. The maximum atomic E-state index is 5.94. The van der Waals surface area contributed by atoms with Gasteiger partial charge in [-0.3, -0.25) is 0 Å². The molecule has 1 saturated heterocycles. The van der Waals surface area contributed by atoms with Gasteiger partial charge in [-0.15, -0.1) is 24.0 Å². The molecule has 1 N–H and O–H groups in total. The molecule has 0 aromatic heterocycles. The smallest absolute Gasteiger partial charge is 0.193 e. The van der Waals surface area contributed by atoms with Crippen LogP contribution < -0.4 is 10.1 Å². The highest BCUT2D eigenvalue weighted by molar-refractivity contribution is 14.0. The van der Waals surface area contributed by atoms with Crippen LogP contribution in [0.25, 0.3) is 0 Å². The molecule has 2 rings (SSSR count). The summed E-state index contributed by atoms with van der Waals surface area (Å²) in [5.41, 5.74) is 2.34. The molecule has 6 heteroatoms. The summed E-state index contributed by atoms with van der Waals surface area (Å²) in [5.74, 6) is 2.52. The molecule has 1 aromatic carbocycles. The average Bonchev–Trinajstić information content (AvgIpc) is 3.05. The lowest BCUT2D eigenvalue weighted by atomic mass is 10.1. The van der Waals surface area contributed by atoms with Crippen LogP contribution in [0.15, 0.2) is 23.2 Å². The summed E-state index contributed by atoms with van der Waals surface area (Å²) in [5, 5.41) is 3.36. The normalized spacial score (nSPS) is 17.1. The molecule has 1 unspecified atom stereocenters. The molecule has 0 saturated carbocycles. The van der Waals surface area contributed by atoms with Crippen LogP contribution in [-0.2, 0) is 4.74 Å². The van der Waals surface area contributed by atoms with Gasteiger partial charge in [0.2, 0.25) is 0 Å². The van der Waals surface area contributed by atoms with E-state index in [-0.39, 0.29) is 24.0 Å². The van der Waals surface area contributed by atoms with Gasteiger partial charge in [0.1, 0.15) is 12.4 Å². The number of guanidine groups is 1. The minimum absolute atomic E-state index is 0. The minimum atomic E-state index is 0. The summed E-state index contributed by atoms with van der Waals surface area (Å²) in [7, 11) is 2.09. The molecule has 0 bridgehead atoms. The van der Waals surface area contributed by atoms with Crippen LogP contribution in [0, 0.1) is 19.8 Å². The van der Waals surface area contributed by atoms with Gasteiger partial charge in [0, 0.05) is 32.7 Å². The second-order valence-corrected chi connectivity index (χ2v) is 6.42. The summed E-state index contributed by atoms with van der Waals surface area (Å²) < 4.78 is 11.4. The van der Waals surface area contributed by atoms with E-state index >= 15 is 0 Å². The Balaban J connectivity index is 0.00000312. The Morgan fingerprint density at radius 1 is 1.36 bits per heavy atom. The van der Waals surface area contributed by atoms with Crippen molar-refractivity contribution < 1.29 is 9.47 Å². The molecule has 1 atom stereocenters. The first kappa shape index (κ1) is 22.0. The van der Waals surface area contributed by atoms with E-state index in [4.69, 9.17) is 14.5 Å². The first-order valence-corrected chi connectivity index (χ1v) is 8.88. The van der Waals surface area contributed by atoms with Gasteiger partial charge in [-0.25, -0.2) is 4.99 Å². The summed E-state index contributed by atoms with van der Waals surface area (Å²) >= 11 is 0. The molecule has 1 aliphatic heterocycles. The second kappa shape index (κ2) is 11.6. The quantitative estimate of drug-likeness (QED) is 0.293. The Morgan fingerprint density at radius 3 is 2.68 bits per heavy atom. The van der Waals surface area contributed by atoms with Crippen molar-refractivity contribution in [2.75, 3.05) is 46.5 Å². The Hall–Kier alpha value is -1.02. The average molecular weight is 461 g/mol. The number of para-hydroxylation sites is 1. The third kappa shape index (κ3) is 7.01.